The summed E-state index contributed by atoms with van der Waals surface area (Å²) in [4.78, 5) is 16.7. The molecule has 1 atom stereocenters. The van der Waals surface area contributed by atoms with Gasteiger partial charge in [-0.25, -0.2) is 18.2 Å². The number of nitrogens with zero attached hydrogens (tertiary/aromatic N) is 3. The number of hydrogen-bond acceptors (Lipinski definition) is 5. The summed E-state index contributed by atoms with van der Waals surface area (Å²) < 4.78 is 83.5. The first-order valence-electron chi connectivity index (χ1n) is 12.9. The van der Waals surface area contributed by atoms with Gasteiger partial charge in [0, 0.05) is 23.7 Å². The van der Waals surface area contributed by atoms with Crippen LogP contribution in [0.5, 0.6) is 5.75 Å². The monoisotopic (exact) mass is 578 g/mol. The van der Waals surface area contributed by atoms with Gasteiger partial charge < -0.3 is 10.1 Å². The standard InChI is InChI=1S/C29H28F6N4O2/c1-17-6-9-24-23(36-11-10-29(33,34)35)15-27(41-21-5-3-4-20(30)14-21)38-39(24)25(12-17)19-7-8-22(18(2)13-19)28(40)37-16-26(31)32/h3-5,7-9,12-14,17,26H,6,10-11,15-16H2,1-2H3,(H,37,40). The topological polar surface area (TPSA) is 66.3 Å². The number of fused-ring (bicyclic) bond motifs is 1. The van der Waals surface area contributed by atoms with E-state index in [4.69, 9.17) is 4.74 Å². The van der Waals surface area contributed by atoms with Crippen molar-refractivity contribution >= 4 is 23.2 Å². The lowest BCUT2D eigenvalue weighted by Gasteiger charge is -2.30. The van der Waals surface area contributed by atoms with Gasteiger partial charge in [-0.1, -0.05) is 31.2 Å². The van der Waals surface area contributed by atoms with E-state index in [2.05, 4.69) is 15.4 Å². The minimum Gasteiger partial charge on any atom is -0.441 e. The molecule has 1 unspecified atom stereocenters. The van der Waals surface area contributed by atoms with Gasteiger partial charge in [0.2, 0.25) is 5.90 Å². The molecule has 2 aliphatic heterocycles. The van der Waals surface area contributed by atoms with E-state index in [1.807, 2.05) is 19.1 Å². The Labute approximate surface area is 233 Å². The molecule has 0 saturated carbocycles. The van der Waals surface area contributed by atoms with E-state index in [1.165, 1.54) is 29.3 Å². The molecule has 6 nitrogen and oxygen atoms in total. The van der Waals surface area contributed by atoms with Crippen molar-refractivity contribution in [3.63, 3.8) is 0 Å². The molecular weight excluding hydrogens is 550 g/mol. The number of hydrogen-bond donors (Lipinski definition) is 1. The zero-order valence-electron chi connectivity index (χ0n) is 22.3. The van der Waals surface area contributed by atoms with Crippen molar-refractivity contribution in [3.8, 4) is 5.75 Å². The summed E-state index contributed by atoms with van der Waals surface area (Å²) in [5.41, 5.74) is 2.75. The Morgan fingerprint density at radius 2 is 1.98 bits per heavy atom. The molecule has 0 fully saturated rings. The lowest BCUT2D eigenvalue weighted by molar-refractivity contribution is -0.132. The normalized spacial score (nSPS) is 18.4. The number of hydrazone groups is 1. The molecule has 1 amide bonds. The summed E-state index contributed by atoms with van der Waals surface area (Å²) in [5.74, 6) is -0.917. The van der Waals surface area contributed by atoms with Gasteiger partial charge in [0.05, 0.1) is 36.5 Å². The van der Waals surface area contributed by atoms with Crippen molar-refractivity contribution < 1.29 is 35.9 Å². The Hall–Kier alpha value is -4.09. The number of carbonyl (C=O) groups excluding carboxylic acids is 1. The van der Waals surface area contributed by atoms with Crippen LogP contribution in [-0.2, 0) is 0 Å². The molecule has 0 saturated heterocycles. The Morgan fingerprint density at radius 3 is 2.66 bits per heavy atom. The van der Waals surface area contributed by atoms with Gasteiger partial charge >= 0.3 is 6.18 Å². The number of ether oxygens (including phenoxy) is 1. The van der Waals surface area contributed by atoms with Gasteiger partial charge in [-0.05, 0) is 49.1 Å². The van der Waals surface area contributed by atoms with Gasteiger partial charge in [0.25, 0.3) is 12.3 Å². The number of rotatable bonds is 7. The molecule has 218 valence electrons. The highest BCUT2D eigenvalue weighted by Gasteiger charge is 2.31. The van der Waals surface area contributed by atoms with E-state index in [0.29, 0.717) is 34.7 Å². The van der Waals surface area contributed by atoms with Gasteiger partial charge in [0.1, 0.15) is 11.6 Å². The second kappa shape index (κ2) is 12.6. The quantitative estimate of drug-likeness (QED) is 0.364. The third kappa shape index (κ3) is 7.99. The molecule has 2 aromatic rings. The number of allylic oxidation sites excluding steroid dienone is 3. The van der Waals surface area contributed by atoms with E-state index < -0.39 is 43.8 Å². The van der Waals surface area contributed by atoms with Crippen molar-refractivity contribution in [1.29, 1.82) is 0 Å². The Morgan fingerprint density at radius 1 is 1.20 bits per heavy atom. The number of amides is 1. The fourth-order valence-corrected chi connectivity index (χ4v) is 4.39. The average Bonchev–Trinajstić information content (AvgIpc) is 3.05. The average molecular weight is 579 g/mol. The van der Waals surface area contributed by atoms with Crippen molar-refractivity contribution in [2.24, 2.45) is 16.0 Å². The van der Waals surface area contributed by atoms with Gasteiger partial charge in [0.15, 0.2) is 0 Å². The van der Waals surface area contributed by atoms with Crippen LogP contribution >= 0.6 is 0 Å². The van der Waals surface area contributed by atoms with Crippen LogP contribution in [0.3, 0.4) is 0 Å². The van der Waals surface area contributed by atoms with Crippen LogP contribution in [-0.4, -0.2) is 48.2 Å². The van der Waals surface area contributed by atoms with E-state index in [9.17, 15) is 31.1 Å². The maximum Gasteiger partial charge on any atom is 0.390 e. The molecule has 41 heavy (non-hydrogen) atoms. The molecule has 4 rings (SSSR count). The third-order valence-corrected chi connectivity index (χ3v) is 6.32. The zero-order valence-corrected chi connectivity index (χ0v) is 22.3. The van der Waals surface area contributed by atoms with Crippen LogP contribution in [0.25, 0.3) is 5.70 Å². The predicted molar refractivity (Wildman–Crippen MR) is 143 cm³/mol. The zero-order chi connectivity index (χ0) is 29.7. The fraction of sp³-hybridized carbons (Fsp3) is 0.345. The van der Waals surface area contributed by atoms with Gasteiger partial charge in [-0.2, -0.15) is 13.2 Å². The minimum absolute atomic E-state index is 0.00312. The fourth-order valence-electron chi connectivity index (χ4n) is 4.39. The largest absolute Gasteiger partial charge is 0.441 e. The first kappa shape index (κ1) is 29.9. The summed E-state index contributed by atoms with van der Waals surface area (Å²) >= 11 is 0. The maximum absolute atomic E-state index is 13.8. The highest BCUT2D eigenvalue weighted by molar-refractivity contribution is 6.13. The van der Waals surface area contributed by atoms with E-state index in [-0.39, 0.29) is 29.5 Å². The van der Waals surface area contributed by atoms with Crippen LogP contribution < -0.4 is 10.1 Å². The summed E-state index contributed by atoms with van der Waals surface area (Å²) in [6.07, 6.45) is -3.86. The second-order valence-electron chi connectivity index (χ2n) is 9.72. The van der Waals surface area contributed by atoms with Crippen LogP contribution in [0.1, 0.15) is 47.7 Å². The summed E-state index contributed by atoms with van der Waals surface area (Å²) in [6, 6.07) is 10.3. The summed E-state index contributed by atoms with van der Waals surface area (Å²) in [6.45, 7) is 2.36. The molecule has 12 heteroatoms. The first-order valence-corrected chi connectivity index (χ1v) is 12.9. The number of aryl methyl sites for hydroxylation is 1. The van der Waals surface area contributed by atoms with Crippen molar-refractivity contribution in [1.82, 2.24) is 10.3 Å². The smallest absolute Gasteiger partial charge is 0.390 e. The number of aliphatic imine (C=N–C) groups is 1. The number of carbonyl (C=O) groups is 1. The molecule has 2 aliphatic rings. The highest BCUT2D eigenvalue weighted by Crippen LogP contribution is 2.35. The van der Waals surface area contributed by atoms with Crippen LogP contribution in [0, 0.1) is 18.7 Å². The molecule has 2 heterocycles. The Bertz CT molecular complexity index is 1410. The lowest BCUT2D eigenvalue weighted by atomic mass is 10.00. The summed E-state index contributed by atoms with van der Waals surface area (Å²) in [5, 5.41) is 8.34. The molecule has 0 bridgehead atoms. The number of nitrogens with one attached hydrogen (secondary N) is 1. The minimum atomic E-state index is -4.38. The van der Waals surface area contributed by atoms with Crippen molar-refractivity contribution in [3.05, 3.63) is 82.8 Å². The molecule has 0 aliphatic carbocycles. The lowest BCUT2D eigenvalue weighted by Crippen LogP contribution is -2.32. The predicted octanol–water partition coefficient (Wildman–Crippen LogP) is 6.89. The third-order valence-electron chi connectivity index (χ3n) is 6.32. The second-order valence-corrected chi connectivity index (χ2v) is 9.72. The first-order chi connectivity index (χ1) is 19.4. The van der Waals surface area contributed by atoms with Crippen LogP contribution in [0.15, 0.2) is 70.4 Å². The molecule has 1 N–H and O–H groups in total. The number of halogens is 6. The van der Waals surface area contributed by atoms with Crippen molar-refractivity contribution in [2.75, 3.05) is 13.1 Å². The van der Waals surface area contributed by atoms with E-state index >= 15 is 0 Å². The highest BCUT2D eigenvalue weighted by atomic mass is 19.4. The molecule has 0 spiro atoms. The van der Waals surface area contributed by atoms with E-state index in [1.54, 1.807) is 19.1 Å². The molecule has 2 aromatic carbocycles. The van der Waals surface area contributed by atoms with E-state index in [0.717, 1.165) is 6.07 Å². The van der Waals surface area contributed by atoms with Crippen LogP contribution in [0.4, 0.5) is 26.3 Å². The van der Waals surface area contributed by atoms with Gasteiger partial charge in [-0.15, -0.1) is 5.10 Å². The molecular formula is C29H28F6N4O2. The van der Waals surface area contributed by atoms with Crippen molar-refractivity contribution in [2.45, 2.75) is 45.7 Å². The number of benzene rings is 2. The van der Waals surface area contributed by atoms with Crippen LogP contribution in [0.2, 0.25) is 0 Å². The Kier molecular flexibility index (Phi) is 9.19. The SMILES string of the molecule is Cc1cc(C2=CC(C)CC=C3C(=NCCC(F)(F)F)CC(Oc4cccc(F)c4)=NN32)ccc1C(=O)NCC(F)F. The molecule has 0 aromatic heterocycles. The Balaban J connectivity index is 1.73. The maximum atomic E-state index is 13.8. The van der Waals surface area contributed by atoms with Gasteiger partial charge in [-0.3, -0.25) is 9.79 Å². The number of alkyl halides is 5. The molecule has 0 radical (unpaired) electrons. The summed E-state index contributed by atoms with van der Waals surface area (Å²) in [7, 11) is 0.